The van der Waals surface area contributed by atoms with Gasteiger partial charge in [-0.2, -0.15) is 13.2 Å². The monoisotopic (exact) mass is 507 g/mol. The number of rotatable bonds is 5. The van der Waals surface area contributed by atoms with Crippen LogP contribution >= 0.6 is 0 Å². The van der Waals surface area contributed by atoms with Gasteiger partial charge in [0, 0.05) is 35.3 Å². The number of carboxylic acids is 1. The van der Waals surface area contributed by atoms with E-state index in [2.05, 4.69) is 10.3 Å². The van der Waals surface area contributed by atoms with Crippen molar-refractivity contribution in [3.8, 4) is 11.3 Å². The number of pyridine rings is 1. The van der Waals surface area contributed by atoms with Crippen LogP contribution in [0.2, 0.25) is 0 Å². The van der Waals surface area contributed by atoms with E-state index in [1.165, 1.54) is 34.9 Å². The number of fused-ring (bicyclic) bond motifs is 2. The average molecular weight is 507 g/mol. The van der Waals surface area contributed by atoms with Crippen molar-refractivity contribution in [3.05, 3.63) is 99.6 Å². The second-order valence-corrected chi connectivity index (χ2v) is 8.73. The van der Waals surface area contributed by atoms with Gasteiger partial charge in [-0.15, -0.1) is 0 Å². The van der Waals surface area contributed by atoms with E-state index in [1.807, 2.05) is 19.9 Å². The van der Waals surface area contributed by atoms with Crippen LogP contribution in [-0.2, 0) is 6.18 Å². The molecule has 0 radical (unpaired) electrons. The van der Waals surface area contributed by atoms with Crippen LogP contribution in [0.3, 0.4) is 0 Å². The molecule has 188 valence electrons. The van der Waals surface area contributed by atoms with Gasteiger partial charge in [0.15, 0.2) is 11.1 Å². The Kier molecular flexibility index (Phi) is 5.74. The lowest BCUT2D eigenvalue weighted by Crippen LogP contribution is -2.12. The average Bonchev–Trinajstić information content (AvgIpc) is 3.28. The molecule has 10 heteroatoms. The van der Waals surface area contributed by atoms with Gasteiger partial charge in [-0.1, -0.05) is 18.2 Å². The third-order valence-electron chi connectivity index (χ3n) is 6.02. The topological polar surface area (TPSA) is 96.8 Å². The molecule has 37 heavy (non-hydrogen) atoms. The van der Waals surface area contributed by atoms with Crippen LogP contribution in [0.1, 0.15) is 40.1 Å². The lowest BCUT2D eigenvalue weighted by atomic mass is 10.00. The van der Waals surface area contributed by atoms with Gasteiger partial charge in [0.05, 0.1) is 17.0 Å². The Labute approximate surface area is 207 Å². The lowest BCUT2D eigenvalue weighted by molar-refractivity contribution is -0.140. The summed E-state index contributed by atoms with van der Waals surface area (Å²) in [6.07, 6.45) is -2.30. The first-order valence-electron chi connectivity index (χ1n) is 11.2. The maximum atomic E-state index is 13.1. The first-order chi connectivity index (χ1) is 17.5. The lowest BCUT2D eigenvalue weighted by Gasteiger charge is -2.19. The van der Waals surface area contributed by atoms with Gasteiger partial charge in [0.1, 0.15) is 17.0 Å². The molecule has 1 atom stereocenters. The number of alkyl halides is 3. The Balaban J connectivity index is 1.62. The van der Waals surface area contributed by atoms with Crippen LogP contribution in [0.25, 0.3) is 27.9 Å². The van der Waals surface area contributed by atoms with Crippen molar-refractivity contribution < 1.29 is 27.5 Å². The number of carboxylic acid groups (broad SMARTS) is 1. The molecule has 5 rings (SSSR count). The number of benzene rings is 2. The maximum Gasteiger partial charge on any atom is 0.434 e. The Morgan fingerprint density at radius 1 is 1.11 bits per heavy atom. The molecular weight excluding hydrogens is 487 g/mol. The van der Waals surface area contributed by atoms with Crippen LogP contribution in [0.15, 0.2) is 76.2 Å². The van der Waals surface area contributed by atoms with Crippen molar-refractivity contribution in [1.29, 1.82) is 0 Å². The van der Waals surface area contributed by atoms with Crippen molar-refractivity contribution in [2.24, 2.45) is 0 Å². The number of aromatic carboxylic acids is 1. The summed E-state index contributed by atoms with van der Waals surface area (Å²) >= 11 is 0. The fourth-order valence-electron chi connectivity index (χ4n) is 4.28. The Hall–Kier alpha value is -4.60. The first kappa shape index (κ1) is 24.1. The molecule has 7 nitrogen and oxygen atoms in total. The standard InChI is InChI=1S/C27H20F3N3O4/c1-14-9-18(15(2)31-20-6-4-3-5-17(20)26(35)36)25-19(10-14)21(34)11-22(37-25)16-7-8-24-32-23(27(28,29)30)13-33(24)12-16/h3-13,15,31H,1-2H3,(H,35,36). The molecule has 1 unspecified atom stereocenters. The minimum Gasteiger partial charge on any atom is -0.478 e. The molecular formula is C27H20F3N3O4. The van der Waals surface area contributed by atoms with Gasteiger partial charge in [-0.05, 0) is 49.7 Å². The minimum absolute atomic E-state index is 0.0975. The molecule has 0 aliphatic rings. The highest BCUT2D eigenvalue weighted by Crippen LogP contribution is 2.32. The van der Waals surface area contributed by atoms with E-state index in [9.17, 15) is 27.9 Å². The summed E-state index contributed by atoms with van der Waals surface area (Å²) in [6, 6.07) is 13.8. The molecule has 0 saturated carbocycles. The number of nitrogens with zero attached hydrogens (tertiary/aromatic N) is 2. The van der Waals surface area contributed by atoms with E-state index in [-0.39, 0.29) is 22.4 Å². The SMILES string of the molecule is Cc1cc(C(C)Nc2ccccc2C(=O)O)c2oc(-c3ccc4nc(C(F)(F)F)cn4c3)cc(=O)c2c1. The number of hydrogen-bond acceptors (Lipinski definition) is 5. The number of anilines is 1. The molecule has 0 aliphatic heterocycles. The van der Waals surface area contributed by atoms with Gasteiger partial charge >= 0.3 is 12.1 Å². The summed E-state index contributed by atoms with van der Waals surface area (Å²) in [4.78, 5) is 28.3. The Bertz CT molecular complexity index is 1740. The smallest absolute Gasteiger partial charge is 0.434 e. The summed E-state index contributed by atoms with van der Waals surface area (Å²) in [5, 5.41) is 13.0. The van der Waals surface area contributed by atoms with E-state index in [1.54, 1.807) is 24.3 Å². The zero-order chi connectivity index (χ0) is 26.5. The van der Waals surface area contributed by atoms with Crippen molar-refractivity contribution in [3.63, 3.8) is 0 Å². The number of para-hydroxylation sites is 1. The summed E-state index contributed by atoms with van der Waals surface area (Å²) in [7, 11) is 0. The molecule has 2 N–H and O–H groups in total. The van der Waals surface area contributed by atoms with Gasteiger partial charge in [-0.25, -0.2) is 9.78 Å². The van der Waals surface area contributed by atoms with Gasteiger partial charge in [0.25, 0.3) is 0 Å². The van der Waals surface area contributed by atoms with Crippen LogP contribution in [-0.4, -0.2) is 20.5 Å². The van der Waals surface area contributed by atoms with Crippen LogP contribution in [0.5, 0.6) is 0 Å². The summed E-state index contributed by atoms with van der Waals surface area (Å²) < 4.78 is 46.6. The molecule has 0 amide bonds. The number of carbonyl (C=O) groups is 1. The largest absolute Gasteiger partial charge is 0.478 e. The second kappa shape index (κ2) is 8.81. The Morgan fingerprint density at radius 3 is 2.59 bits per heavy atom. The zero-order valence-electron chi connectivity index (χ0n) is 19.6. The normalized spacial score (nSPS) is 12.7. The van der Waals surface area contributed by atoms with E-state index in [0.717, 1.165) is 11.8 Å². The second-order valence-electron chi connectivity index (χ2n) is 8.73. The van der Waals surface area contributed by atoms with E-state index in [4.69, 9.17) is 4.42 Å². The quantitative estimate of drug-likeness (QED) is 0.290. The zero-order valence-corrected chi connectivity index (χ0v) is 19.6. The van der Waals surface area contributed by atoms with Crippen molar-refractivity contribution in [2.75, 3.05) is 5.32 Å². The number of halogens is 3. The third kappa shape index (κ3) is 4.53. The van der Waals surface area contributed by atoms with Crippen LogP contribution < -0.4 is 10.7 Å². The van der Waals surface area contributed by atoms with Crippen molar-refractivity contribution >= 4 is 28.3 Å². The van der Waals surface area contributed by atoms with E-state index in [0.29, 0.717) is 27.8 Å². The molecule has 5 aromatic rings. The molecule has 0 saturated heterocycles. The molecule has 3 aromatic heterocycles. The number of nitrogens with one attached hydrogen (secondary N) is 1. The highest BCUT2D eigenvalue weighted by molar-refractivity contribution is 5.94. The van der Waals surface area contributed by atoms with Gasteiger partial charge < -0.3 is 19.2 Å². The van der Waals surface area contributed by atoms with Gasteiger partial charge in [0.2, 0.25) is 0 Å². The molecule has 3 heterocycles. The number of aromatic nitrogens is 2. The Morgan fingerprint density at radius 2 is 1.86 bits per heavy atom. The maximum absolute atomic E-state index is 13.1. The van der Waals surface area contributed by atoms with Crippen LogP contribution in [0.4, 0.5) is 18.9 Å². The van der Waals surface area contributed by atoms with Gasteiger partial charge in [-0.3, -0.25) is 4.79 Å². The predicted octanol–water partition coefficient (Wildman–Crippen LogP) is 6.31. The molecule has 0 aliphatic carbocycles. The molecule has 2 aromatic carbocycles. The first-order valence-corrected chi connectivity index (χ1v) is 11.2. The minimum atomic E-state index is -4.59. The molecule has 0 bridgehead atoms. The van der Waals surface area contributed by atoms with Crippen molar-refractivity contribution in [1.82, 2.24) is 9.38 Å². The summed E-state index contributed by atoms with van der Waals surface area (Å²) in [6.45, 7) is 3.65. The fraction of sp³-hybridized carbons (Fsp3) is 0.148. The van der Waals surface area contributed by atoms with E-state index < -0.39 is 23.9 Å². The third-order valence-corrected chi connectivity index (χ3v) is 6.02. The molecule has 0 fully saturated rings. The van der Waals surface area contributed by atoms with Crippen molar-refractivity contribution in [2.45, 2.75) is 26.1 Å². The number of imidazole rings is 1. The predicted molar refractivity (Wildman–Crippen MR) is 132 cm³/mol. The van der Waals surface area contributed by atoms with E-state index >= 15 is 0 Å². The summed E-state index contributed by atoms with van der Waals surface area (Å²) in [5.41, 5.74) is 1.38. The summed E-state index contributed by atoms with van der Waals surface area (Å²) in [5.74, 6) is -0.910. The van der Waals surface area contributed by atoms with Crippen LogP contribution in [0, 0.1) is 6.92 Å². The number of aryl methyl sites for hydroxylation is 1. The number of hydrogen-bond donors (Lipinski definition) is 2. The molecule has 0 spiro atoms. The highest BCUT2D eigenvalue weighted by atomic mass is 19.4. The highest BCUT2D eigenvalue weighted by Gasteiger charge is 2.34. The fourth-order valence-corrected chi connectivity index (χ4v) is 4.28.